The van der Waals surface area contributed by atoms with E-state index in [4.69, 9.17) is 9.90 Å². The van der Waals surface area contributed by atoms with Crippen molar-refractivity contribution in [3.05, 3.63) is 0 Å². The third kappa shape index (κ3) is 5.57. The summed E-state index contributed by atoms with van der Waals surface area (Å²) in [4.78, 5) is 7.50. The molecule has 0 amide bonds. The predicted molar refractivity (Wildman–Crippen MR) is 39.3 cm³/mol. The van der Waals surface area contributed by atoms with Crippen LogP contribution < -0.4 is 0 Å². The summed E-state index contributed by atoms with van der Waals surface area (Å²) >= 11 is 0. The van der Waals surface area contributed by atoms with E-state index >= 15 is 0 Å². The fourth-order valence-corrected chi connectivity index (χ4v) is 1.44. The molecule has 0 aromatic rings. The maximum Gasteiger partial charge on any atom is 0.281 e. The molecule has 1 saturated carbocycles. The molecule has 0 spiro atoms. The molecule has 0 aromatic carbocycles. The molecule has 11 heavy (non-hydrogen) atoms. The number of rotatable bonds is 1. The summed E-state index contributed by atoms with van der Waals surface area (Å²) in [6, 6.07) is 0. The Kier molecular flexibility index (Phi) is 10.6. The van der Waals surface area contributed by atoms with Gasteiger partial charge in [-0.25, -0.2) is 0 Å². The van der Waals surface area contributed by atoms with Crippen molar-refractivity contribution in [1.82, 2.24) is 0 Å². The summed E-state index contributed by atoms with van der Waals surface area (Å²) in [5, 5.41) is 9.05. The van der Waals surface area contributed by atoms with Crippen LogP contribution in [0, 0.1) is 5.92 Å². The van der Waals surface area contributed by atoms with E-state index in [2.05, 4.69) is 6.79 Å². The molecule has 1 N–H and O–H groups in total. The predicted octanol–water partition coefficient (Wildman–Crippen LogP) is 1.16. The molecule has 1 rings (SSSR count). The number of hydrogen-bond acceptors (Lipinski definition) is 2. The summed E-state index contributed by atoms with van der Waals surface area (Å²) in [6.07, 6.45) is 5.10. The molecular weight excluding hydrogens is 224 g/mol. The Morgan fingerprint density at radius 2 is 1.73 bits per heavy atom. The van der Waals surface area contributed by atoms with Gasteiger partial charge < -0.3 is 5.11 Å². The first-order valence-corrected chi connectivity index (χ1v) is 3.69. The van der Waals surface area contributed by atoms with Crippen molar-refractivity contribution in [2.45, 2.75) is 38.7 Å². The summed E-state index contributed by atoms with van der Waals surface area (Å²) in [6.45, 7) is 6.40. The molecule has 0 aromatic heterocycles. The number of aliphatic hydroxyl groups excluding tert-OH is 1. The van der Waals surface area contributed by atoms with Crippen molar-refractivity contribution in [2.24, 2.45) is 5.92 Å². The van der Waals surface area contributed by atoms with Crippen molar-refractivity contribution in [1.29, 1.82) is 0 Å². The van der Waals surface area contributed by atoms with Crippen LogP contribution in [0.5, 0.6) is 0 Å². The quantitative estimate of drug-likeness (QED) is 0.696. The van der Waals surface area contributed by atoms with Crippen molar-refractivity contribution >= 4 is 6.79 Å². The Hall–Kier alpha value is 0.318. The van der Waals surface area contributed by atoms with Crippen LogP contribution in [0.25, 0.3) is 0 Å². The largest absolute Gasteiger partial charge is 0.393 e. The van der Waals surface area contributed by atoms with Crippen LogP contribution in [0.3, 0.4) is 0 Å². The van der Waals surface area contributed by atoms with E-state index in [1.165, 1.54) is 25.7 Å². The first-order chi connectivity index (χ1) is 4.80. The fourth-order valence-electron chi connectivity index (χ4n) is 1.44. The molecule has 0 aliphatic heterocycles. The second kappa shape index (κ2) is 8.42. The average Bonchev–Trinajstić information content (AvgIpc) is 2.42. The van der Waals surface area contributed by atoms with Crippen LogP contribution in [0.1, 0.15) is 32.6 Å². The van der Waals surface area contributed by atoms with Gasteiger partial charge in [0.2, 0.25) is 0 Å². The molecule has 3 heteroatoms. The Bertz CT molecular complexity index is 80.2. The summed E-state index contributed by atoms with van der Waals surface area (Å²) in [5.74, 6) is 0.620. The first-order valence-electron chi connectivity index (χ1n) is 3.69. The molecule has 1 aliphatic rings. The van der Waals surface area contributed by atoms with Gasteiger partial charge in [-0.05, 0) is 25.7 Å². The molecule has 1 aliphatic carbocycles. The molecular formula is C8H14MoO2. The van der Waals surface area contributed by atoms with Gasteiger partial charge in [-0.2, -0.15) is 0 Å². The van der Waals surface area contributed by atoms with Gasteiger partial charge in [0, 0.05) is 21.1 Å². The van der Waals surface area contributed by atoms with E-state index in [1.807, 2.05) is 6.92 Å². The average molecular weight is 238 g/mol. The standard InChI is InChI=1S/C7H14O.CO.Mo/c1-6(8)7-4-2-3-5-7;1-2;/h6-8H,2-5H2,1H3;;. The number of hydrogen-bond donors (Lipinski definition) is 1. The number of carbonyl (C=O) groups excluding carboxylic acids is 1. The van der Waals surface area contributed by atoms with Gasteiger partial charge in [0.25, 0.3) is 6.79 Å². The molecule has 1 fully saturated rings. The Morgan fingerprint density at radius 3 is 1.91 bits per heavy atom. The zero-order valence-corrected chi connectivity index (χ0v) is 8.75. The van der Waals surface area contributed by atoms with Crippen molar-refractivity contribution in [3.63, 3.8) is 0 Å². The minimum atomic E-state index is -0.0579. The minimum Gasteiger partial charge on any atom is -0.393 e. The maximum absolute atomic E-state index is 9.05. The zero-order valence-electron chi connectivity index (χ0n) is 6.75. The Morgan fingerprint density at radius 1 is 1.36 bits per heavy atom. The first kappa shape index (κ1) is 13.9. The van der Waals surface area contributed by atoms with E-state index in [9.17, 15) is 0 Å². The molecule has 1 unspecified atom stereocenters. The van der Waals surface area contributed by atoms with Crippen LogP contribution in [0.2, 0.25) is 0 Å². The van der Waals surface area contributed by atoms with E-state index in [1.54, 1.807) is 0 Å². The van der Waals surface area contributed by atoms with Gasteiger partial charge in [-0.15, -0.1) is 0 Å². The topological polar surface area (TPSA) is 37.3 Å². The third-order valence-electron chi connectivity index (χ3n) is 2.08. The van der Waals surface area contributed by atoms with Crippen molar-refractivity contribution < 1.29 is 31.0 Å². The van der Waals surface area contributed by atoms with Crippen LogP contribution in [-0.2, 0) is 25.9 Å². The van der Waals surface area contributed by atoms with E-state index < -0.39 is 0 Å². The minimum absolute atomic E-state index is 0. The second-order valence-electron chi connectivity index (χ2n) is 2.79. The fraction of sp³-hybridized carbons (Fsp3) is 0.875. The molecule has 0 saturated heterocycles. The van der Waals surface area contributed by atoms with Crippen molar-refractivity contribution in [2.75, 3.05) is 0 Å². The molecule has 0 bridgehead atoms. The monoisotopic (exact) mass is 240 g/mol. The SMILES string of the molecule is CC(O)C1CCCC1.[C]=O.[Mo]. The van der Waals surface area contributed by atoms with Gasteiger partial charge in [0.1, 0.15) is 0 Å². The van der Waals surface area contributed by atoms with Crippen LogP contribution in [0.4, 0.5) is 0 Å². The molecule has 2 nitrogen and oxygen atoms in total. The smallest absolute Gasteiger partial charge is 0.281 e. The summed E-state index contributed by atoms with van der Waals surface area (Å²) in [5.41, 5.74) is 0. The van der Waals surface area contributed by atoms with Gasteiger partial charge in [-0.3, -0.25) is 4.79 Å². The Balaban J connectivity index is 0. The van der Waals surface area contributed by atoms with E-state index in [0.29, 0.717) is 5.92 Å². The van der Waals surface area contributed by atoms with E-state index in [-0.39, 0.29) is 27.2 Å². The normalized spacial score (nSPS) is 19.5. The van der Waals surface area contributed by atoms with Gasteiger partial charge in [0.05, 0.1) is 6.10 Å². The van der Waals surface area contributed by atoms with Gasteiger partial charge in [-0.1, -0.05) is 12.8 Å². The van der Waals surface area contributed by atoms with Gasteiger partial charge in [0.15, 0.2) is 0 Å². The van der Waals surface area contributed by atoms with Crippen LogP contribution >= 0.6 is 0 Å². The maximum atomic E-state index is 9.05. The van der Waals surface area contributed by atoms with Crippen molar-refractivity contribution in [3.8, 4) is 0 Å². The van der Waals surface area contributed by atoms with Gasteiger partial charge >= 0.3 is 0 Å². The molecule has 0 heterocycles. The summed E-state index contributed by atoms with van der Waals surface area (Å²) < 4.78 is 0. The molecule has 2 radical (unpaired) electrons. The van der Waals surface area contributed by atoms with E-state index in [0.717, 1.165) is 0 Å². The number of aliphatic hydroxyl groups is 1. The molecule has 1 atom stereocenters. The molecule has 64 valence electrons. The van der Waals surface area contributed by atoms with Crippen LogP contribution in [-0.4, -0.2) is 18.0 Å². The zero-order chi connectivity index (χ0) is 7.98. The summed E-state index contributed by atoms with van der Waals surface area (Å²) in [7, 11) is 0. The second-order valence-corrected chi connectivity index (χ2v) is 2.79. The van der Waals surface area contributed by atoms with Crippen LogP contribution in [0.15, 0.2) is 0 Å². The third-order valence-corrected chi connectivity index (χ3v) is 2.08. The Labute approximate surface area is 82.6 Å².